The maximum absolute atomic E-state index is 16.0. The van der Waals surface area contributed by atoms with Crippen LogP contribution in [0.3, 0.4) is 0 Å². The van der Waals surface area contributed by atoms with Crippen LogP contribution in [-0.4, -0.2) is 213 Å². The van der Waals surface area contributed by atoms with Crippen molar-refractivity contribution in [3.05, 3.63) is 198 Å². The number of nitrogens with zero attached hydrogens (tertiary/aromatic N) is 4. The molecule has 20 atom stereocenters. The molecule has 16 rings (SSSR count). The Morgan fingerprint density at radius 3 is 1.14 bits per heavy atom. The number of fused-ring (bicyclic) bond motifs is 4. The van der Waals surface area contributed by atoms with E-state index in [2.05, 4.69) is 26.8 Å². The van der Waals surface area contributed by atoms with Gasteiger partial charge >= 0.3 is 48.4 Å². The van der Waals surface area contributed by atoms with E-state index in [1.165, 1.54) is 46.6 Å². The maximum Gasteiger partial charge on any atom is 0.530 e. The van der Waals surface area contributed by atoms with Crippen LogP contribution in [0.4, 0.5) is 17.6 Å². The van der Waals surface area contributed by atoms with Gasteiger partial charge in [0.1, 0.15) is 99.9 Å². The first kappa shape index (κ1) is 89.9. The smallest absolute Gasteiger partial charge is 0.493 e. The Kier molecular flexibility index (Phi) is 27.2. The van der Waals surface area contributed by atoms with Crippen molar-refractivity contribution in [2.45, 2.75) is 124 Å². The average Bonchev–Trinajstić information content (AvgIpc) is 1.55. The van der Waals surface area contributed by atoms with Gasteiger partial charge in [-0.15, -0.1) is 0 Å². The van der Waals surface area contributed by atoms with Crippen molar-refractivity contribution in [2.75, 3.05) is 54.8 Å². The number of thiocarbonyl (C=S) groups is 1. The monoisotopic (exact) mass is 2040 g/mol. The number of para-hydroxylation sites is 4. The third-order valence-corrected chi connectivity index (χ3v) is 26.6. The molecule has 0 bridgehead atoms. The second-order valence-corrected chi connectivity index (χ2v) is 36.5. The highest BCUT2D eigenvalue weighted by atomic mass is 35.5. The number of aromatic nitrogens is 6. The number of aromatic amines is 3. The summed E-state index contributed by atoms with van der Waals surface area (Å²) in [6.07, 6.45) is -24.4. The van der Waals surface area contributed by atoms with E-state index in [0.29, 0.717) is 36.3 Å². The van der Waals surface area contributed by atoms with Gasteiger partial charge in [0, 0.05) is 47.0 Å². The number of phosphoric acid groups is 4. The molecule has 0 saturated carbocycles. The maximum atomic E-state index is 16.0. The lowest BCUT2D eigenvalue weighted by molar-refractivity contribution is -0.207. The van der Waals surface area contributed by atoms with Crippen molar-refractivity contribution in [3.63, 3.8) is 0 Å². The van der Waals surface area contributed by atoms with Crippen molar-refractivity contribution < 1.29 is 177 Å². The van der Waals surface area contributed by atoms with Gasteiger partial charge in [-0.25, -0.2) is 50.2 Å². The van der Waals surface area contributed by atoms with Crippen LogP contribution in [-0.2, 0) is 99.8 Å². The number of phosphoric ester groups is 4. The summed E-state index contributed by atoms with van der Waals surface area (Å²) in [5.74, 6) is -13.6. The third kappa shape index (κ3) is 20.3. The van der Waals surface area contributed by atoms with Crippen LogP contribution in [0.15, 0.2) is 129 Å². The van der Waals surface area contributed by atoms with Crippen LogP contribution in [0, 0.1) is 13.9 Å². The number of ether oxygens (including phenoxy) is 8. The van der Waals surface area contributed by atoms with Gasteiger partial charge in [0.2, 0.25) is 0 Å². The Bertz CT molecular complexity index is 6390. The molecule has 12 heterocycles. The topological polar surface area (TPSA) is 543 Å². The fraction of sp³-hybridized carbons (Fsp3) is 0.406. The van der Waals surface area contributed by atoms with Crippen molar-refractivity contribution in [3.8, 4) is 46.0 Å². The van der Waals surface area contributed by atoms with E-state index in [0.717, 1.165) is 29.4 Å². The summed E-state index contributed by atoms with van der Waals surface area (Å²) < 4.78 is 266. The van der Waals surface area contributed by atoms with Crippen molar-refractivity contribution in [1.82, 2.24) is 38.9 Å². The van der Waals surface area contributed by atoms with E-state index in [1.54, 1.807) is 54.6 Å². The van der Waals surface area contributed by atoms with Crippen LogP contribution in [0.2, 0.25) is 15.1 Å². The Labute approximate surface area is 765 Å². The Morgan fingerprint density at radius 1 is 0.469 bits per heavy atom. The number of nitrogens with one attached hydrogen (secondary N) is 4. The summed E-state index contributed by atoms with van der Waals surface area (Å²) in [6, 6.07) is 19.0. The SMILES string of the molecule is COc1cccc2c1OP(=O)(OC[C@@]1(F)O[C@@H](n3cc(Cl)c(=S)[nH]c3=O)[C@H](O)[C@@H]1O)OC2.[2H]C([2H])(OP1(=O)OCc2cccc(OC)c2O1)[C@@]1(F)O[C@@H](n2cc(Cl)c(=S)[nH]c2=O)[C@H](O)[C@@H]1O.[2H]C([2H])(OP1(=O)OCc2cccc(OC)c2O1)[C@@]1(F)O[C@@]([2H])(N2C=C(Cl)C(=S)NC2=C)[C@H](O)[C@@H]1O.[2H][C@@]1(n2cc(Cl)c(=S)[nH]c2=O)O[C@](F)(COP2(=O)OCc3cccc(OC)c3O2)[C@@H](O)[C@H]1O. The zero-order valence-corrected chi connectivity index (χ0v) is 74.7. The van der Waals surface area contributed by atoms with E-state index in [-0.39, 0.29) is 117 Å². The molecular formula is C69H70Cl4F4N8O35P4S4. The molecule has 0 spiro atoms. The number of hydrogen-bond donors (Lipinski definition) is 12. The molecule has 0 aliphatic carbocycles. The van der Waals surface area contributed by atoms with E-state index >= 15 is 17.6 Å². The van der Waals surface area contributed by atoms with Crippen molar-refractivity contribution >= 4 is 132 Å². The third-order valence-electron chi connectivity index (χ3n) is 18.8. The normalized spacial score (nSPS) is 34.5. The minimum absolute atomic E-state index is 0.00938. The predicted octanol–water partition coefficient (Wildman–Crippen LogP) is 8.91. The molecule has 0 radical (unpaired) electrons. The molecule has 4 fully saturated rings. The highest BCUT2D eigenvalue weighted by molar-refractivity contribution is 7.81. The lowest BCUT2D eigenvalue weighted by atomic mass is 10.1. The molecule has 4 aromatic carbocycles. The van der Waals surface area contributed by atoms with Crippen LogP contribution in [0.5, 0.6) is 46.0 Å². The summed E-state index contributed by atoms with van der Waals surface area (Å²) in [6.45, 7) is -7.51. The van der Waals surface area contributed by atoms with Crippen LogP contribution in [0.25, 0.3) is 0 Å². The minimum atomic E-state index is -4.88. The summed E-state index contributed by atoms with van der Waals surface area (Å²) in [4.78, 5) is 43.8. The molecule has 7 aromatic rings. The van der Waals surface area contributed by atoms with E-state index in [4.69, 9.17) is 196 Å². The number of benzene rings is 4. The Hall–Kier alpha value is -7.25. The second kappa shape index (κ2) is 38.8. The number of hydrogen-bond acceptors (Lipinski definition) is 40. The van der Waals surface area contributed by atoms with E-state index in [1.807, 2.05) is 0 Å². The molecule has 0 amide bonds. The largest absolute Gasteiger partial charge is 0.530 e. The van der Waals surface area contributed by atoms with E-state index < -0.39 is 172 Å². The van der Waals surface area contributed by atoms with E-state index in [9.17, 15) is 73.5 Å². The molecule has 4 unspecified atom stereocenters. The summed E-state index contributed by atoms with van der Waals surface area (Å²) >= 11 is 42.9. The van der Waals surface area contributed by atoms with Gasteiger partial charge in [-0.05, 0) is 24.3 Å². The van der Waals surface area contributed by atoms with Gasteiger partial charge in [0.15, 0.2) is 70.9 Å². The van der Waals surface area contributed by atoms with Crippen LogP contribution >= 0.6 is 127 Å². The molecule has 4 saturated heterocycles. The number of aliphatic hydroxyl groups excluding tert-OH is 8. The molecule has 9 aliphatic rings. The van der Waals surface area contributed by atoms with Crippen molar-refractivity contribution in [2.24, 2.45) is 0 Å². The number of H-pyrrole nitrogens is 3. The molecule has 696 valence electrons. The first-order chi connectivity index (χ1) is 62.5. The first-order valence-electron chi connectivity index (χ1n) is 38.8. The molecule has 12 N–H and O–H groups in total. The fourth-order valence-electron chi connectivity index (χ4n) is 12.2. The molecule has 43 nitrogen and oxygen atoms in total. The Balaban J connectivity index is 0.000000152. The molecule has 59 heteroatoms. The average molecular weight is 2050 g/mol. The molecule has 128 heavy (non-hydrogen) atoms. The lowest BCUT2D eigenvalue weighted by Crippen LogP contribution is -2.47. The molecule has 9 aliphatic heterocycles. The Morgan fingerprint density at radius 2 is 0.766 bits per heavy atom. The number of alkyl halides is 4. The zero-order chi connectivity index (χ0) is 98.5. The number of aliphatic hydroxyl groups is 8. The van der Waals surface area contributed by atoms with Crippen LogP contribution < -0.4 is 59.4 Å². The quantitative estimate of drug-likeness (QED) is 0.0192. The first-order valence-corrected chi connectivity index (χ1v) is 44.7. The number of methoxy groups -OCH3 is 4. The summed E-state index contributed by atoms with van der Waals surface area (Å²) in [5, 5.41) is 84.6. The summed E-state index contributed by atoms with van der Waals surface area (Å²) in [7, 11) is -13.1. The van der Waals surface area contributed by atoms with Gasteiger partial charge in [-0.1, -0.05) is 150 Å². The highest BCUT2D eigenvalue weighted by Gasteiger charge is 2.63. The fourth-order valence-corrected chi connectivity index (χ4v) is 18.1. The number of halogens is 8. The van der Waals surface area contributed by atoms with Gasteiger partial charge in [-0.3, -0.25) is 64.8 Å². The second-order valence-electron chi connectivity index (χ2n) is 27.0. The molecule has 3 aromatic heterocycles. The standard InChI is InChI=1S/C18H19ClFN2O8PS.3C17H17ClFN2O9PS/c1-9-21-16(32)11(19)6-22(9)17-13(23)15(24)18(20,29-17)8-28-31(25)27-7-10-4-3-5-12(26-2)14(10)30-31;3*1-26-10-4-2-3-8-6-27-31(25,30-12(8)10)28-7-17(19)13(23)11(22)15(29-17)21-5-9(18)14(32)20-16(21)24/h3-6,13,15,17,23-24H,1,7-8H2,2H3,(H,21,32);3*2-5,11,13,15,22-23H,6-7H2,1H3,(H,20,24,32)/t13-,15+,17-,18-,31?;3*11-,13+,15-,17-,31?/m1111/s1/i8D2,17D;15D;7D2;. The summed E-state index contributed by atoms with van der Waals surface area (Å²) in [5.41, 5.74) is -1.11. The van der Waals surface area contributed by atoms with Gasteiger partial charge < -0.3 is 107 Å². The van der Waals surface area contributed by atoms with Gasteiger partial charge in [0.25, 0.3) is 23.4 Å². The highest BCUT2D eigenvalue weighted by Crippen LogP contribution is 2.62. The predicted molar refractivity (Wildman–Crippen MR) is 440 cm³/mol. The molecular weight excluding hydrogens is 1970 g/mol. The lowest BCUT2D eigenvalue weighted by Gasteiger charge is -2.34. The minimum Gasteiger partial charge on any atom is -0.493 e. The van der Waals surface area contributed by atoms with Gasteiger partial charge in [0.05, 0.1) is 83.2 Å². The van der Waals surface area contributed by atoms with Crippen LogP contribution in [0.1, 0.15) is 49.1 Å². The van der Waals surface area contributed by atoms with Crippen molar-refractivity contribution in [1.29, 1.82) is 0 Å². The number of rotatable bonds is 20. The van der Waals surface area contributed by atoms with Gasteiger partial charge in [-0.2, -0.15) is 0 Å². The zero-order valence-electron chi connectivity index (χ0n) is 70.8.